The molecule has 3 aliphatic rings. The Kier molecular flexibility index (Phi) is 8.20. The van der Waals surface area contributed by atoms with Crippen LogP contribution >= 0.6 is 0 Å². The van der Waals surface area contributed by atoms with Gasteiger partial charge in [0.15, 0.2) is 6.10 Å². The Morgan fingerprint density at radius 3 is 2.57 bits per heavy atom. The average Bonchev–Trinajstić information content (AvgIpc) is 2.96. The first-order chi connectivity index (χ1) is 20.1. The quantitative estimate of drug-likeness (QED) is 0.199. The van der Waals surface area contributed by atoms with Crippen molar-refractivity contribution in [3.63, 3.8) is 0 Å². The van der Waals surface area contributed by atoms with Crippen molar-refractivity contribution >= 4 is 11.9 Å². The van der Waals surface area contributed by atoms with Crippen LogP contribution in [0.1, 0.15) is 10.4 Å². The number of carbonyl (C=O) groups is 2. The molecule has 0 saturated carbocycles. The van der Waals surface area contributed by atoms with Crippen molar-refractivity contribution in [1.82, 2.24) is 0 Å². The van der Waals surface area contributed by atoms with Crippen molar-refractivity contribution < 1.29 is 63.9 Å². The maximum absolute atomic E-state index is 13.5. The fourth-order valence-corrected chi connectivity index (χ4v) is 5.00. The standard InChI is InChI=1S/C29H28O13/c1-2-16-17-6-7-38-26(36)19(17)12-39-28(16)42-29-25(24(35)23(34)21(11-30)40-29)41-27(37)22-18(9-15(32)10-20(22)33)13-4-3-5-14(31)8-13/h2-6,8-10,12,16,21,23-25,28-35H,1,7,11H2. The summed E-state index contributed by atoms with van der Waals surface area (Å²) < 4.78 is 27.7. The van der Waals surface area contributed by atoms with Gasteiger partial charge in [0.25, 0.3) is 0 Å². The van der Waals surface area contributed by atoms with Crippen LogP contribution in [0.15, 0.2) is 72.5 Å². The predicted octanol–water partition coefficient (Wildman–Crippen LogP) is 0.977. The number of aromatic hydroxyl groups is 3. The molecule has 6 N–H and O–H groups in total. The van der Waals surface area contributed by atoms with E-state index < -0.39 is 72.8 Å². The number of hydrogen-bond acceptors (Lipinski definition) is 13. The second kappa shape index (κ2) is 11.8. The number of benzene rings is 2. The van der Waals surface area contributed by atoms with Gasteiger partial charge in [0.2, 0.25) is 12.6 Å². The summed E-state index contributed by atoms with van der Waals surface area (Å²) in [6.45, 7) is 3.05. The molecule has 2 aromatic rings. The van der Waals surface area contributed by atoms with Gasteiger partial charge in [-0.25, -0.2) is 9.59 Å². The van der Waals surface area contributed by atoms with Crippen LogP contribution in [0.2, 0.25) is 0 Å². The molecule has 0 amide bonds. The van der Waals surface area contributed by atoms with Gasteiger partial charge in [-0.2, -0.15) is 0 Å². The summed E-state index contributed by atoms with van der Waals surface area (Å²) in [5, 5.41) is 61.8. The van der Waals surface area contributed by atoms with Crippen molar-refractivity contribution in [2.75, 3.05) is 13.2 Å². The fraction of sp³-hybridized carbons (Fsp3) is 0.310. The molecule has 0 bridgehead atoms. The molecule has 2 aromatic carbocycles. The molecular formula is C29H28O13. The summed E-state index contributed by atoms with van der Waals surface area (Å²) in [5.41, 5.74) is 0.463. The Balaban J connectivity index is 1.47. The van der Waals surface area contributed by atoms with E-state index in [4.69, 9.17) is 23.7 Å². The van der Waals surface area contributed by atoms with Gasteiger partial charge in [-0.15, -0.1) is 6.58 Å². The highest BCUT2D eigenvalue weighted by atomic mass is 16.8. The highest BCUT2D eigenvalue weighted by molar-refractivity contribution is 6.00. The SMILES string of the molecule is C=CC1C2=CCOC(=O)C2=COC1OC1OC(CO)C(O)C(O)C1OC(=O)c1c(O)cc(O)cc1-c1cccc(O)c1. The predicted molar refractivity (Wildman–Crippen MR) is 141 cm³/mol. The lowest BCUT2D eigenvalue weighted by molar-refractivity contribution is -0.334. The van der Waals surface area contributed by atoms with Crippen LogP contribution in [-0.2, 0) is 28.5 Å². The summed E-state index contributed by atoms with van der Waals surface area (Å²) >= 11 is 0. The summed E-state index contributed by atoms with van der Waals surface area (Å²) in [7, 11) is 0. The molecule has 222 valence electrons. The number of fused-ring (bicyclic) bond motifs is 1. The van der Waals surface area contributed by atoms with Gasteiger partial charge in [-0.3, -0.25) is 0 Å². The Labute approximate surface area is 238 Å². The molecule has 0 spiro atoms. The topological polar surface area (TPSA) is 202 Å². The highest BCUT2D eigenvalue weighted by Gasteiger charge is 2.50. The molecule has 13 heteroatoms. The van der Waals surface area contributed by atoms with Crippen molar-refractivity contribution in [2.45, 2.75) is 37.0 Å². The van der Waals surface area contributed by atoms with Gasteiger partial charge in [0.05, 0.1) is 18.1 Å². The van der Waals surface area contributed by atoms with E-state index in [-0.39, 0.29) is 34.8 Å². The van der Waals surface area contributed by atoms with Crippen molar-refractivity contribution in [3.05, 3.63) is 78.1 Å². The lowest BCUT2D eigenvalue weighted by Gasteiger charge is -2.43. The van der Waals surface area contributed by atoms with E-state index in [1.807, 2.05) is 0 Å². The summed E-state index contributed by atoms with van der Waals surface area (Å²) in [5.74, 6) is -3.75. The Hall–Kier alpha value is -4.40. The van der Waals surface area contributed by atoms with Gasteiger partial charge in [-0.05, 0) is 35.4 Å². The number of phenolic OH excluding ortho intramolecular Hbond substituents is 3. The lowest BCUT2D eigenvalue weighted by Crippen LogP contribution is -2.61. The molecule has 7 unspecified atom stereocenters. The number of ether oxygens (including phenoxy) is 5. The first-order valence-corrected chi connectivity index (χ1v) is 12.8. The number of phenols is 3. The van der Waals surface area contributed by atoms with Gasteiger partial charge in [0.1, 0.15) is 54.0 Å². The largest absolute Gasteiger partial charge is 0.508 e. The van der Waals surface area contributed by atoms with E-state index in [0.717, 1.165) is 12.3 Å². The smallest absolute Gasteiger partial charge is 0.343 e. The second-order valence-corrected chi connectivity index (χ2v) is 9.71. The summed E-state index contributed by atoms with van der Waals surface area (Å²) in [4.78, 5) is 25.7. The fourth-order valence-electron chi connectivity index (χ4n) is 5.00. The van der Waals surface area contributed by atoms with E-state index in [1.54, 1.807) is 6.08 Å². The summed E-state index contributed by atoms with van der Waals surface area (Å²) in [6, 6.07) is 7.74. The van der Waals surface area contributed by atoms with Crippen molar-refractivity contribution in [3.8, 4) is 28.4 Å². The number of carbonyl (C=O) groups excluding carboxylic acids is 2. The zero-order chi connectivity index (χ0) is 30.1. The molecule has 1 fully saturated rings. The molecule has 13 nitrogen and oxygen atoms in total. The first kappa shape index (κ1) is 29.1. The monoisotopic (exact) mass is 584 g/mol. The maximum atomic E-state index is 13.5. The number of aliphatic hydroxyl groups excluding tert-OH is 3. The number of aliphatic hydroxyl groups is 3. The minimum atomic E-state index is -1.84. The number of hydrogen-bond donors (Lipinski definition) is 6. The minimum Gasteiger partial charge on any atom is -0.508 e. The van der Waals surface area contributed by atoms with Gasteiger partial charge >= 0.3 is 11.9 Å². The van der Waals surface area contributed by atoms with Gasteiger partial charge < -0.3 is 54.3 Å². The average molecular weight is 585 g/mol. The molecular weight excluding hydrogens is 556 g/mol. The molecule has 0 aromatic heterocycles. The Bertz CT molecular complexity index is 1450. The van der Waals surface area contributed by atoms with Crippen LogP contribution < -0.4 is 0 Å². The third-order valence-corrected chi connectivity index (χ3v) is 7.07. The third kappa shape index (κ3) is 5.43. The van der Waals surface area contributed by atoms with Gasteiger partial charge in [0, 0.05) is 11.6 Å². The van der Waals surface area contributed by atoms with Crippen LogP contribution in [0.3, 0.4) is 0 Å². The first-order valence-electron chi connectivity index (χ1n) is 12.8. The normalized spacial score (nSPS) is 28.8. The molecule has 0 radical (unpaired) electrons. The molecule has 3 heterocycles. The zero-order valence-corrected chi connectivity index (χ0v) is 21.9. The van der Waals surface area contributed by atoms with Crippen LogP contribution in [-0.4, -0.2) is 92.8 Å². The van der Waals surface area contributed by atoms with Crippen molar-refractivity contribution in [2.24, 2.45) is 5.92 Å². The number of rotatable bonds is 7. The lowest BCUT2D eigenvalue weighted by atomic mass is 9.89. The number of esters is 2. The van der Waals surface area contributed by atoms with E-state index in [0.29, 0.717) is 5.57 Å². The zero-order valence-electron chi connectivity index (χ0n) is 21.9. The Morgan fingerprint density at radius 1 is 1.07 bits per heavy atom. The minimum absolute atomic E-state index is 0.0118. The maximum Gasteiger partial charge on any atom is 0.343 e. The molecule has 7 atom stereocenters. The van der Waals surface area contributed by atoms with Crippen LogP contribution in [0, 0.1) is 5.92 Å². The van der Waals surface area contributed by atoms with Crippen LogP contribution in [0.4, 0.5) is 0 Å². The van der Waals surface area contributed by atoms with Crippen LogP contribution in [0.25, 0.3) is 11.1 Å². The molecule has 3 aliphatic heterocycles. The molecule has 42 heavy (non-hydrogen) atoms. The Morgan fingerprint density at radius 2 is 1.86 bits per heavy atom. The van der Waals surface area contributed by atoms with Crippen molar-refractivity contribution in [1.29, 1.82) is 0 Å². The van der Waals surface area contributed by atoms with Gasteiger partial charge in [-0.1, -0.05) is 18.2 Å². The highest BCUT2D eigenvalue weighted by Crippen LogP contribution is 2.39. The number of cyclic esters (lactones) is 1. The van der Waals surface area contributed by atoms with Crippen LogP contribution in [0.5, 0.6) is 17.2 Å². The third-order valence-electron chi connectivity index (χ3n) is 7.07. The second-order valence-electron chi connectivity index (χ2n) is 9.71. The summed E-state index contributed by atoms with van der Waals surface area (Å²) in [6.07, 6.45) is -5.23. The molecule has 5 rings (SSSR count). The molecule has 1 saturated heterocycles. The van der Waals surface area contributed by atoms with E-state index in [9.17, 15) is 40.2 Å². The van der Waals surface area contributed by atoms with E-state index in [1.165, 1.54) is 36.4 Å². The molecule has 0 aliphatic carbocycles. The van der Waals surface area contributed by atoms with E-state index in [2.05, 4.69) is 6.58 Å². The van der Waals surface area contributed by atoms with E-state index >= 15 is 0 Å².